The van der Waals surface area contributed by atoms with E-state index in [1.54, 1.807) is 19.2 Å². The number of carbonyl (C=O) groups is 1. The molecule has 0 atom stereocenters. The van der Waals surface area contributed by atoms with Crippen LogP contribution in [0.15, 0.2) is 18.2 Å². The molecule has 0 bridgehead atoms. The molecule has 1 amide bonds. The molecule has 1 aromatic carbocycles. The van der Waals surface area contributed by atoms with Gasteiger partial charge in [0.05, 0.1) is 23.8 Å². The highest BCUT2D eigenvalue weighted by Crippen LogP contribution is 2.20. The summed E-state index contributed by atoms with van der Waals surface area (Å²) < 4.78 is 4.93. The Balaban J connectivity index is 2.90. The number of nitrogens with two attached hydrogens (primary N) is 1. The minimum atomic E-state index is -0.265. The van der Waals surface area contributed by atoms with Gasteiger partial charge in [-0.2, -0.15) is 0 Å². The molecule has 1 aromatic rings. The summed E-state index contributed by atoms with van der Waals surface area (Å²) in [6.07, 6.45) is 0. The number of nitrogens with zero attached hydrogens (tertiary/aromatic N) is 1. The molecule has 1 rings (SSSR count). The number of benzene rings is 1. The van der Waals surface area contributed by atoms with Crippen molar-refractivity contribution in [3.8, 4) is 0 Å². The van der Waals surface area contributed by atoms with Crippen molar-refractivity contribution in [2.24, 2.45) is 0 Å². The summed E-state index contributed by atoms with van der Waals surface area (Å²) in [6, 6.07) is 4.74. The van der Waals surface area contributed by atoms with Crippen LogP contribution in [-0.2, 0) is 4.74 Å². The minimum Gasteiger partial charge on any atom is -0.399 e. The fourth-order valence-corrected chi connectivity index (χ4v) is 1.71. The highest BCUT2D eigenvalue weighted by atomic mass is 35.5. The summed E-state index contributed by atoms with van der Waals surface area (Å²) in [5, 5.41) is 9.31. The normalized spacial score (nSPS) is 10.4. The van der Waals surface area contributed by atoms with E-state index in [-0.39, 0.29) is 19.1 Å². The second-order valence-corrected chi connectivity index (χ2v) is 4.16. The molecule has 0 aliphatic carbocycles. The van der Waals surface area contributed by atoms with Crippen molar-refractivity contribution in [1.29, 1.82) is 0 Å². The average molecular weight is 273 g/mol. The molecular formula is C12H17ClN2O3. The first-order valence-corrected chi connectivity index (χ1v) is 5.92. The van der Waals surface area contributed by atoms with Crippen LogP contribution in [0.2, 0.25) is 5.02 Å². The van der Waals surface area contributed by atoms with Gasteiger partial charge >= 0.3 is 0 Å². The number of carbonyl (C=O) groups excluding carboxylic acids is 1. The van der Waals surface area contributed by atoms with E-state index < -0.39 is 0 Å². The van der Waals surface area contributed by atoms with Crippen molar-refractivity contribution < 1.29 is 14.6 Å². The van der Waals surface area contributed by atoms with E-state index in [2.05, 4.69) is 0 Å². The molecule has 0 unspecified atom stereocenters. The van der Waals surface area contributed by atoms with Crippen LogP contribution in [0.5, 0.6) is 0 Å². The third-order valence-electron chi connectivity index (χ3n) is 2.44. The van der Waals surface area contributed by atoms with Gasteiger partial charge in [0.15, 0.2) is 0 Å². The Morgan fingerprint density at radius 1 is 1.50 bits per heavy atom. The van der Waals surface area contributed by atoms with Crippen molar-refractivity contribution in [3.63, 3.8) is 0 Å². The topological polar surface area (TPSA) is 75.8 Å². The minimum absolute atomic E-state index is 0.116. The molecule has 0 radical (unpaired) electrons. The summed E-state index contributed by atoms with van der Waals surface area (Å²) in [5.74, 6) is -0.265. The Kier molecular flexibility index (Phi) is 5.91. The van der Waals surface area contributed by atoms with E-state index >= 15 is 0 Å². The summed E-state index contributed by atoms with van der Waals surface area (Å²) in [7, 11) is 1.55. The maximum absolute atomic E-state index is 12.2. The summed E-state index contributed by atoms with van der Waals surface area (Å²) in [6.45, 7) is 0.898. The molecule has 18 heavy (non-hydrogen) atoms. The van der Waals surface area contributed by atoms with Crippen molar-refractivity contribution in [2.75, 3.05) is 39.1 Å². The fraction of sp³-hybridized carbons (Fsp3) is 0.417. The lowest BCUT2D eigenvalue weighted by atomic mass is 10.1. The number of methoxy groups -OCH3 is 1. The molecule has 0 aliphatic rings. The van der Waals surface area contributed by atoms with Crippen LogP contribution >= 0.6 is 11.6 Å². The van der Waals surface area contributed by atoms with Crippen LogP contribution in [0.1, 0.15) is 10.4 Å². The maximum Gasteiger partial charge on any atom is 0.255 e. The van der Waals surface area contributed by atoms with E-state index in [1.807, 2.05) is 0 Å². The predicted octanol–water partition coefficient (Wildman–Crippen LogP) is 1.00. The summed E-state index contributed by atoms with van der Waals surface area (Å²) >= 11 is 5.97. The zero-order chi connectivity index (χ0) is 13.5. The van der Waals surface area contributed by atoms with Crippen molar-refractivity contribution in [3.05, 3.63) is 28.8 Å². The lowest BCUT2D eigenvalue weighted by molar-refractivity contribution is 0.0656. The van der Waals surface area contributed by atoms with Crippen LogP contribution in [0, 0.1) is 0 Å². The number of ether oxygens (including phenoxy) is 1. The molecule has 0 saturated heterocycles. The molecule has 5 nitrogen and oxygen atoms in total. The molecule has 0 aromatic heterocycles. The molecule has 100 valence electrons. The molecule has 0 saturated carbocycles. The number of rotatable bonds is 6. The molecule has 0 heterocycles. The largest absolute Gasteiger partial charge is 0.399 e. The van der Waals surface area contributed by atoms with E-state index in [0.717, 1.165) is 0 Å². The smallest absolute Gasteiger partial charge is 0.255 e. The van der Waals surface area contributed by atoms with Gasteiger partial charge in [-0.05, 0) is 18.2 Å². The zero-order valence-electron chi connectivity index (χ0n) is 10.2. The number of nitrogen functional groups attached to an aromatic ring is 1. The van der Waals surface area contributed by atoms with E-state index in [4.69, 9.17) is 27.2 Å². The summed E-state index contributed by atoms with van der Waals surface area (Å²) in [4.78, 5) is 13.7. The molecule has 0 spiro atoms. The molecule has 3 N–H and O–H groups in total. The highest BCUT2D eigenvalue weighted by Gasteiger charge is 2.18. The lowest BCUT2D eigenvalue weighted by Crippen LogP contribution is -2.36. The Morgan fingerprint density at radius 2 is 2.22 bits per heavy atom. The summed E-state index contributed by atoms with van der Waals surface area (Å²) in [5.41, 5.74) is 6.44. The monoisotopic (exact) mass is 272 g/mol. The second-order valence-electron chi connectivity index (χ2n) is 3.75. The van der Waals surface area contributed by atoms with Crippen molar-refractivity contribution >= 4 is 23.2 Å². The number of anilines is 1. The van der Waals surface area contributed by atoms with Crippen LogP contribution in [0.3, 0.4) is 0 Å². The number of halogens is 1. The Bertz CT molecular complexity index is 412. The highest BCUT2D eigenvalue weighted by molar-refractivity contribution is 6.34. The quantitative estimate of drug-likeness (QED) is 0.758. The van der Waals surface area contributed by atoms with E-state index in [0.29, 0.717) is 29.4 Å². The Hall–Kier alpha value is -1.30. The first kappa shape index (κ1) is 14.8. The third kappa shape index (κ3) is 3.87. The van der Waals surface area contributed by atoms with Gasteiger partial charge in [-0.1, -0.05) is 11.6 Å². The van der Waals surface area contributed by atoms with Crippen molar-refractivity contribution in [1.82, 2.24) is 4.90 Å². The second kappa shape index (κ2) is 7.20. The van der Waals surface area contributed by atoms with Crippen LogP contribution < -0.4 is 5.73 Å². The Morgan fingerprint density at radius 3 is 2.83 bits per heavy atom. The van der Waals surface area contributed by atoms with Crippen molar-refractivity contribution in [2.45, 2.75) is 0 Å². The van der Waals surface area contributed by atoms with Gasteiger partial charge < -0.3 is 20.5 Å². The Labute approximate surface area is 111 Å². The van der Waals surface area contributed by atoms with Gasteiger partial charge in [-0.15, -0.1) is 0 Å². The van der Waals surface area contributed by atoms with Gasteiger partial charge in [0, 0.05) is 25.9 Å². The van der Waals surface area contributed by atoms with Gasteiger partial charge in [-0.3, -0.25) is 4.79 Å². The predicted molar refractivity (Wildman–Crippen MR) is 70.7 cm³/mol. The van der Waals surface area contributed by atoms with Gasteiger partial charge in [0.1, 0.15) is 0 Å². The average Bonchev–Trinajstić information content (AvgIpc) is 2.36. The first-order chi connectivity index (χ1) is 8.60. The standard InChI is InChI=1S/C12H17ClN2O3/c1-18-7-5-15(4-6-16)12(17)10-8-9(14)2-3-11(10)13/h2-3,8,16H,4-7,14H2,1H3. The zero-order valence-corrected chi connectivity index (χ0v) is 11.0. The van der Waals surface area contributed by atoms with Crippen LogP contribution in [0.25, 0.3) is 0 Å². The molecule has 0 aliphatic heterocycles. The fourth-order valence-electron chi connectivity index (χ4n) is 1.51. The third-order valence-corrected chi connectivity index (χ3v) is 2.77. The SMILES string of the molecule is COCCN(CCO)C(=O)c1cc(N)ccc1Cl. The number of amides is 1. The first-order valence-electron chi connectivity index (χ1n) is 5.54. The lowest BCUT2D eigenvalue weighted by Gasteiger charge is -2.22. The number of aliphatic hydroxyl groups excluding tert-OH is 1. The van der Waals surface area contributed by atoms with E-state index in [9.17, 15) is 4.79 Å². The van der Waals surface area contributed by atoms with Crippen LogP contribution in [0.4, 0.5) is 5.69 Å². The molecule has 6 heteroatoms. The number of hydrogen-bond acceptors (Lipinski definition) is 4. The van der Waals surface area contributed by atoms with Gasteiger partial charge in [0.25, 0.3) is 5.91 Å². The molecular weight excluding hydrogens is 256 g/mol. The number of hydrogen-bond donors (Lipinski definition) is 2. The van der Waals surface area contributed by atoms with Gasteiger partial charge in [0.2, 0.25) is 0 Å². The number of aliphatic hydroxyl groups is 1. The van der Waals surface area contributed by atoms with Gasteiger partial charge in [-0.25, -0.2) is 0 Å². The molecule has 0 fully saturated rings. The van der Waals surface area contributed by atoms with Crippen LogP contribution in [-0.4, -0.2) is 49.3 Å². The maximum atomic E-state index is 12.2. The van der Waals surface area contributed by atoms with E-state index in [1.165, 1.54) is 11.0 Å².